The van der Waals surface area contributed by atoms with E-state index in [2.05, 4.69) is 0 Å². The molecule has 196 valence electrons. The third kappa shape index (κ3) is 4.52. The molecule has 0 saturated heterocycles. The Hall–Kier alpha value is -4.27. The fourth-order valence-corrected chi connectivity index (χ4v) is 4.59. The van der Waals surface area contributed by atoms with Crippen molar-refractivity contribution in [3.63, 3.8) is 0 Å². The molecule has 1 heterocycles. The maximum Gasteiger partial charge on any atom is 0.182 e. The fourth-order valence-electron chi connectivity index (χ4n) is 4.59. The minimum absolute atomic E-state index is 0.234. The van der Waals surface area contributed by atoms with Gasteiger partial charge in [0.15, 0.2) is 17.3 Å². The number of benzene rings is 3. The molecule has 0 aliphatic carbocycles. The van der Waals surface area contributed by atoms with Gasteiger partial charge in [0, 0.05) is 24.3 Å². The van der Waals surface area contributed by atoms with Crippen LogP contribution < -0.4 is 37.9 Å². The van der Waals surface area contributed by atoms with Gasteiger partial charge < -0.3 is 37.9 Å². The number of ketones is 1. The molecule has 9 nitrogen and oxygen atoms in total. The van der Waals surface area contributed by atoms with Crippen molar-refractivity contribution in [3.8, 4) is 46.0 Å². The van der Waals surface area contributed by atoms with Crippen molar-refractivity contribution in [2.24, 2.45) is 0 Å². The quantitative estimate of drug-likeness (QED) is 0.401. The first-order chi connectivity index (χ1) is 17.9. The van der Waals surface area contributed by atoms with Crippen molar-refractivity contribution in [2.75, 3.05) is 49.8 Å². The monoisotopic (exact) mass is 510 g/mol. The van der Waals surface area contributed by atoms with Gasteiger partial charge in [-0.2, -0.15) is 0 Å². The van der Waals surface area contributed by atoms with Crippen LogP contribution in [0.25, 0.3) is 0 Å². The Morgan fingerprint density at radius 2 is 1.14 bits per heavy atom. The summed E-state index contributed by atoms with van der Waals surface area (Å²) in [7, 11) is 10.7. The summed E-state index contributed by atoms with van der Waals surface area (Å²) >= 11 is 0. The summed E-state index contributed by atoms with van der Waals surface area (Å²) in [6.45, 7) is 0. The van der Waals surface area contributed by atoms with E-state index >= 15 is 0 Å². The van der Waals surface area contributed by atoms with E-state index < -0.39 is 12.0 Å². The van der Waals surface area contributed by atoms with Crippen LogP contribution in [0.5, 0.6) is 46.0 Å². The number of fused-ring (bicyclic) bond motifs is 1. The number of carbonyl (C=O) groups is 1. The number of hydrogen-bond donors (Lipinski definition) is 0. The van der Waals surface area contributed by atoms with Crippen LogP contribution in [0.15, 0.2) is 42.5 Å². The average molecular weight is 511 g/mol. The molecule has 1 aliphatic rings. The Labute approximate surface area is 215 Å². The highest BCUT2D eigenvalue weighted by molar-refractivity contribution is 6.07. The van der Waals surface area contributed by atoms with Crippen LogP contribution in [0.2, 0.25) is 0 Å². The minimum Gasteiger partial charge on any atom is -0.496 e. The van der Waals surface area contributed by atoms with E-state index in [4.69, 9.17) is 37.9 Å². The highest BCUT2D eigenvalue weighted by atomic mass is 16.5. The summed E-state index contributed by atoms with van der Waals surface area (Å²) in [5.74, 6) is 2.46. The largest absolute Gasteiger partial charge is 0.496 e. The number of hydrogen-bond acceptors (Lipinski definition) is 9. The molecule has 0 radical (unpaired) electrons. The number of carbonyl (C=O) groups excluding carboxylic acids is 1. The van der Waals surface area contributed by atoms with Crippen LogP contribution in [0.1, 0.15) is 33.5 Å². The molecule has 3 aromatic carbocycles. The Kier molecular flexibility index (Phi) is 7.52. The molecule has 0 aromatic heterocycles. The van der Waals surface area contributed by atoms with E-state index in [1.807, 2.05) is 6.07 Å². The van der Waals surface area contributed by atoms with Crippen molar-refractivity contribution in [1.82, 2.24) is 0 Å². The Morgan fingerprint density at radius 3 is 1.68 bits per heavy atom. The van der Waals surface area contributed by atoms with Crippen LogP contribution in [-0.4, -0.2) is 55.6 Å². The highest BCUT2D eigenvalue weighted by Crippen LogP contribution is 2.53. The van der Waals surface area contributed by atoms with Gasteiger partial charge in [-0.25, -0.2) is 0 Å². The molecule has 9 heteroatoms. The van der Waals surface area contributed by atoms with Crippen LogP contribution in [0.4, 0.5) is 0 Å². The lowest BCUT2D eigenvalue weighted by molar-refractivity contribution is 0.0767. The molecule has 0 bridgehead atoms. The topological polar surface area (TPSA) is 90.9 Å². The first-order valence-corrected chi connectivity index (χ1v) is 11.4. The second-order valence-corrected chi connectivity index (χ2v) is 8.14. The molecule has 0 amide bonds. The zero-order chi connectivity index (χ0) is 26.7. The van der Waals surface area contributed by atoms with E-state index in [9.17, 15) is 4.79 Å². The van der Waals surface area contributed by atoms with Gasteiger partial charge in [-0.05, 0) is 17.7 Å². The number of Topliss-reactive ketones (excluding diaryl/α,β-unsaturated/α-hetero) is 1. The molecule has 0 spiro atoms. The average Bonchev–Trinajstić information content (AvgIpc) is 2.95. The minimum atomic E-state index is -0.872. The van der Waals surface area contributed by atoms with E-state index in [-0.39, 0.29) is 5.78 Å². The third-order valence-electron chi connectivity index (χ3n) is 6.38. The predicted octanol–water partition coefficient (Wildman–Crippen LogP) is 4.85. The first-order valence-electron chi connectivity index (χ1n) is 11.4. The molecule has 0 N–H and O–H groups in total. The molecular formula is C28H30O9. The summed E-state index contributed by atoms with van der Waals surface area (Å²) in [5, 5.41) is 0. The maximum atomic E-state index is 14.3. The van der Waals surface area contributed by atoms with Crippen molar-refractivity contribution >= 4 is 5.78 Å². The van der Waals surface area contributed by atoms with Crippen LogP contribution in [-0.2, 0) is 0 Å². The van der Waals surface area contributed by atoms with E-state index in [1.165, 1.54) is 28.4 Å². The van der Waals surface area contributed by atoms with Gasteiger partial charge in [0.05, 0.1) is 61.2 Å². The van der Waals surface area contributed by atoms with Crippen molar-refractivity contribution < 1.29 is 42.7 Å². The molecule has 1 aliphatic heterocycles. The molecule has 4 rings (SSSR count). The zero-order valence-electron chi connectivity index (χ0n) is 21.9. The summed E-state index contributed by atoms with van der Waals surface area (Å²) < 4.78 is 45.3. The van der Waals surface area contributed by atoms with Gasteiger partial charge in [0.1, 0.15) is 46.2 Å². The second kappa shape index (κ2) is 10.8. The fraction of sp³-hybridized carbons (Fsp3) is 0.321. The molecule has 2 atom stereocenters. The van der Waals surface area contributed by atoms with Gasteiger partial charge >= 0.3 is 0 Å². The molecule has 0 saturated carbocycles. The zero-order valence-corrected chi connectivity index (χ0v) is 21.9. The van der Waals surface area contributed by atoms with Crippen molar-refractivity contribution in [1.29, 1.82) is 0 Å². The van der Waals surface area contributed by atoms with E-state index in [0.717, 1.165) is 0 Å². The lowest BCUT2D eigenvalue weighted by Gasteiger charge is -2.35. The Morgan fingerprint density at radius 1 is 0.595 bits per heavy atom. The summed E-state index contributed by atoms with van der Waals surface area (Å²) in [6, 6.07) is 12.1. The number of rotatable bonds is 9. The van der Waals surface area contributed by atoms with Crippen molar-refractivity contribution in [2.45, 2.75) is 12.0 Å². The summed E-state index contributed by atoms with van der Waals surface area (Å²) in [4.78, 5) is 14.3. The Balaban J connectivity index is 2.01. The SMILES string of the molecule is COc1cc(OC)c2c(c1)O[C@H](c1ccc(OC)c(OC)c1)[C@@H](c1c(OC)cc(OC)cc1OC)C2=O. The first kappa shape index (κ1) is 25.8. The van der Waals surface area contributed by atoms with Crippen molar-refractivity contribution in [3.05, 3.63) is 59.2 Å². The summed E-state index contributed by atoms with van der Waals surface area (Å²) in [5.41, 5.74) is 1.49. The van der Waals surface area contributed by atoms with E-state index in [1.54, 1.807) is 57.7 Å². The lowest BCUT2D eigenvalue weighted by Crippen LogP contribution is -2.31. The normalized spacial score (nSPS) is 16.2. The van der Waals surface area contributed by atoms with Crippen LogP contribution >= 0.6 is 0 Å². The molecule has 3 aromatic rings. The maximum absolute atomic E-state index is 14.3. The molecule has 37 heavy (non-hydrogen) atoms. The lowest BCUT2D eigenvalue weighted by atomic mass is 9.79. The molecule has 0 unspecified atom stereocenters. The smallest absolute Gasteiger partial charge is 0.182 e. The van der Waals surface area contributed by atoms with Gasteiger partial charge in [-0.15, -0.1) is 0 Å². The summed E-state index contributed by atoms with van der Waals surface area (Å²) in [6.07, 6.45) is -0.784. The highest BCUT2D eigenvalue weighted by Gasteiger charge is 2.44. The number of methoxy groups -OCH3 is 7. The molecular weight excluding hydrogens is 480 g/mol. The standard InChI is InChI=1S/C28H30O9/c1-30-16-11-20(34-5)24(21(12-16)35-6)26-27(29)25-22(36-7)13-17(31-2)14-23(25)37-28(26)15-8-9-18(32-3)19(10-15)33-4/h8-14,26,28H,1-7H3/t26-,28+/m0/s1. The van der Waals surface area contributed by atoms with Gasteiger partial charge in [-0.3, -0.25) is 4.79 Å². The van der Waals surface area contributed by atoms with Gasteiger partial charge in [-0.1, -0.05) is 6.07 Å². The van der Waals surface area contributed by atoms with Gasteiger partial charge in [0.2, 0.25) is 0 Å². The predicted molar refractivity (Wildman–Crippen MR) is 136 cm³/mol. The van der Waals surface area contributed by atoms with Gasteiger partial charge in [0.25, 0.3) is 0 Å². The second-order valence-electron chi connectivity index (χ2n) is 8.14. The van der Waals surface area contributed by atoms with Crippen LogP contribution in [0.3, 0.4) is 0 Å². The van der Waals surface area contributed by atoms with Crippen LogP contribution in [0, 0.1) is 0 Å². The van der Waals surface area contributed by atoms with E-state index in [0.29, 0.717) is 62.7 Å². The third-order valence-corrected chi connectivity index (χ3v) is 6.38. The molecule has 0 fully saturated rings. The number of ether oxygens (including phenoxy) is 8. The Bertz CT molecular complexity index is 1280.